The van der Waals surface area contributed by atoms with Gasteiger partial charge in [0.15, 0.2) is 11.5 Å². The van der Waals surface area contributed by atoms with Crippen molar-refractivity contribution in [3.63, 3.8) is 0 Å². The Morgan fingerprint density at radius 3 is 2.89 bits per heavy atom. The Balaban J connectivity index is 1.34. The molecule has 2 aromatic carbocycles. The first-order valence-corrected chi connectivity index (χ1v) is 8.66. The molecule has 0 saturated heterocycles. The minimum absolute atomic E-state index is 0.228. The molecule has 28 heavy (non-hydrogen) atoms. The van der Waals surface area contributed by atoms with Gasteiger partial charge in [-0.25, -0.2) is 0 Å². The summed E-state index contributed by atoms with van der Waals surface area (Å²) in [5.74, 6) is 1.81. The van der Waals surface area contributed by atoms with Crippen molar-refractivity contribution in [2.45, 2.75) is 6.54 Å². The van der Waals surface area contributed by atoms with Crippen LogP contribution in [0.3, 0.4) is 0 Å². The van der Waals surface area contributed by atoms with Crippen LogP contribution < -0.4 is 20.1 Å². The minimum atomic E-state index is 0.228. The molecular weight excluding hydrogens is 360 g/mol. The maximum absolute atomic E-state index is 5.81. The number of nitrogens with one attached hydrogen (secondary N) is 3. The van der Waals surface area contributed by atoms with Gasteiger partial charge < -0.3 is 24.5 Å². The van der Waals surface area contributed by atoms with Crippen molar-refractivity contribution < 1.29 is 13.9 Å². The van der Waals surface area contributed by atoms with Crippen LogP contribution in [-0.2, 0) is 6.54 Å². The van der Waals surface area contributed by atoms with E-state index in [9.17, 15) is 0 Å². The molecule has 0 radical (unpaired) electrons. The van der Waals surface area contributed by atoms with Crippen LogP contribution in [0.15, 0.2) is 59.3 Å². The Morgan fingerprint density at radius 2 is 1.96 bits per heavy atom. The van der Waals surface area contributed by atoms with Crippen LogP contribution in [0, 0.1) is 0 Å². The Labute approximate surface area is 159 Å². The Hall–Kier alpha value is -4.01. The monoisotopic (exact) mass is 376 g/mol. The maximum atomic E-state index is 5.81. The molecule has 5 rings (SSSR count). The summed E-state index contributed by atoms with van der Waals surface area (Å²) < 4.78 is 16.5. The third kappa shape index (κ3) is 3.20. The molecule has 0 aliphatic carbocycles. The number of benzene rings is 2. The van der Waals surface area contributed by atoms with Gasteiger partial charge >= 0.3 is 6.01 Å². The van der Waals surface area contributed by atoms with E-state index in [-0.39, 0.29) is 6.79 Å². The van der Waals surface area contributed by atoms with E-state index in [0.717, 1.165) is 28.3 Å². The van der Waals surface area contributed by atoms with Gasteiger partial charge in [-0.1, -0.05) is 17.2 Å². The van der Waals surface area contributed by atoms with Gasteiger partial charge in [-0.3, -0.25) is 5.10 Å². The fourth-order valence-electron chi connectivity index (χ4n) is 2.88. The van der Waals surface area contributed by atoms with Crippen LogP contribution in [0.1, 0.15) is 5.56 Å². The molecule has 3 N–H and O–H groups in total. The molecule has 4 aromatic rings. The van der Waals surface area contributed by atoms with Crippen molar-refractivity contribution in [2.75, 3.05) is 17.4 Å². The largest absolute Gasteiger partial charge is 0.454 e. The molecule has 1 aliphatic heterocycles. The molecule has 2 aromatic heterocycles. The predicted octanol–water partition coefficient (Wildman–Crippen LogP) is 3.54. The number of rotatable bonds is 6. The third-order valence-corrected chi connectivity index (χ3v) is 4.24. The van der Waals surface area contributed by atoms with Gasteiger partial charge in [-0.2, -0.15) is 5.10 Å². The Kier molecular flexibility index (Phi) is 4.02. The molecule has 0 amide bonds. The first-order chi connectivity index (χ1) is 13.8. The standard InChI is InChI=1S/C19H16N6O3/c1-2-4-15(20-8-12-9-21-22-10-12)14(3-1)18-24-25-19(28-18)23-13-5-6-16-17(7-13)27-11-26-16/h1-7,9-10,20H,8,11H2,(H,21,22)(H,23,25). The van der Waals surface area contributed by atoms with Crippen molar-refractivity contribution in [1.82, 2.24) is 20.4 Å². The van der Waals surface area contributed by atoms with E-state index in [1.54, 1.807) is 6.20 Å². The highest BCUT2D eigenvalue weighted by Gasteiger charge is 2.16. The molecule has 0 saturated carbocycles. The number of hydrogen-bond acceptors (Lipinski definition) is 8. The average molecular weight is 376 g/mol. The summed E-state index contributed by atoms with van der Waals surface area (Å²) in [7, 11) is 0. The molecule has 0 fully saturated rings. The summed E-state index contributed by atoms with van der Waals surface area (Å²) in [6.45, 7) is 0.857. The number of hydrogen-bond donors (Lipinski definition) is 3. The SMILES string of the molecule is c1ccc(-c2nnc(Nc3ccc4c(c3)OCO4)o2)c(NCc2cn[nH]c2)c1. The third-order valence-electron chi connectivity index (χ3n) is 4.24. The van der Waals surface area contributed by atoms with Gasteiger partial charge in [0.2, 0.25) is 6.79 Å². The highest BCUT2D eigenvalue weighted by molar-refractivity contribution is 5.72. The normalized spacial score (nSPS) is 12.1. The van der Waals surface area contributed by atoms with E-state index in [1.807, 2.05) is 48.7 Å². The number of H-pyrrole nitrogens is 1. The van der Waals surface area contributed by atoms with Crippen LogP contribution in [0.5, 0.6) is 11.5 Å². The fraction of sp³-hybridized carbons (Fsp3) is 0.105. The summed E-state index contributed by atoms with van der Waals surface area (Å²) in [4.78, 5) is 0. The van der Waals surface area contributed by atoms with E-state index in [0.29, 0.717) is 24.2 Å². The smallest absolute Gasteiger partial charge is 0.320 e. The van der Waals surface area contributed by atoms with Gasteiger partial charge in [0.1, 0.15) is 0 Å². The van der Waals surface area contributed by atoms with Crippen LogP contribution >= 0.6 is 0 Å². The van der Waals surface area contributed by atoms with Crippen LogP contribution in [0.4, 0.5) is 17.4 Å². The van der Waals surface area contributed by atoms with Crippen molar-refractivity contribution >= 4 is 17.4 Å². The number of ether oxygens (including phenoxy) is 2. The van der Waals surface area contributed by atoms with E-state index < -0.39 is 0 Å². The van der Waals surface area contributed by atoms with Crippen LogP contribution in [0.2, 0.25) is 0 Å². The number of aromatic amines is 1. The van der Waals surface area contributed by atoms with E-state index >= 15 is 0 Å². The van der Waals surface area contributed by atoms with Gasteiger partial charge in [-0.15, -0.1) is 5.10 Å². The summed E-state index contributed by atoms with van der Waals surface area (Å²) in [5, 5.41) is 21.5. The number of aromatic nitrogens is 4. The van der Waals surface area contributed by atoms with Gasteiger partial charge in [0.25, 0.3) is 5.89 Å². The van der Waals surface area contributed by atoms with Crippen LogP contribution in [0.25, 0.3) is 11.5 Å². The second-order valence-electron chi connectivity index (χ2n) is 6.11. The molecule has 0 unspecified atom stereocenters. The predicted molar refractivity (Wildman–Crippen MR) is 101 cm³/mol. The van der Waals surface area contributed by atoms with Gasteiger partial charge in [-0.05, 0) is 24.3 Å². The van der Waals surface area contributed by atoms with E-state index in [1.165, 1.54) is 0 Å². The Bertz CT molecular complexity index is 1090. The molecule has 1 aliphatic rings. The average Bonchev–Trinajstić information content (AvgIpc) is 3.48. The molecule has 3 heterocycles. The Morgan fingerprint density at radius 1 is 1.04 bits per heavy atom. The van der Waals surface area contributed by atoms with Crippen molar-refractivity contribution in [3.8, 4) is 23.0 Å². The van der Waals surface area contributed by atoms with Crippen molar-refractivity contribution in [2.24, 2.45) is 0 Å². The lowest BCUT2D eigenvalue weighted by atomic mass is 10.1. The zero-order chi connectivity index (χ0) is 18.8. The molecule has 0 spiro atoms. The molecular formula is C19H16N6O3. The summed E-state index contributed by atoms with van der Waals surface area (Å²) in [5.41, 5.74) is 3.52. The first kappa shape index (κ1) is 16.2. The van der Waals surface area contributed by atoms with E-state index in [2.05, 4.69) is 31.0 Å². The molecule has 9 nitrogen and oxygen atoms in total. The zero-order valence-corrected chi connectivity index (χ0v) is 14.7. The van der Waals surface area contributed by atoms with E-state index in [4.69, 9.17) is 13.9 Å². The highest BCUT2D eigenvalue weighted by atomic mass is 16.7. The van der Waals surface area contributed by atoms with Gasteiger partial charge in [0, 0.05) is 35.7 Å². The number of nitrogens with zero attached hydrogens (tertiary/aromatic N) is 3. The van der Waals surface area contributed by atoms with Crippen molar-refractivity contribution in [1.29, 1.82) is 0 Å². The molecule has 0 bridgehead atoms. The first-order valence-electron chi connectivity index (χ1n) is 8.66. The van der Waals surface area contributed by atoms with Crippen molar-refractivity contribution in [3.05, 3.63) is 60.4 Å². The summed E-state index contributed by atoms with van der Waals surface area (Å²) in [6.07, 6.45) is 3.62. The molecule has 9 heteroatoms. The highest BCUT2D eigenvalue weighted by Crippen LogP contribution is 2.35. The lowest BCUT2D eigenvalue weighted by Crippen LogP contribution is -2.00. The molecule has 140 valence electrons. The number of anilines is 3. The zero-order valence-electron chi connectivity index (χ0n) is 14.7. The number of para-hydroxylation sites is 1. The van der Waals surface area contributed by atoms with Gasteiger partial charge in [0.05, 0.1) is 11.8 Å². The summed E-state index contributed by atoms with van der Waals surface area (Å²) >= 11 is 0. The number of fused-ring (bicyclic) bond motifs is 1. The summed E-state index contributed by atoms with van der Waals surface area (Å²) in [6, 6.07) is 13.6. The molecule has 0 atom stereocenters. The maximum Gasteiger partial charge on any atom is 0.320 e. The minimum Gasteiger partial charge on any atom is -0.454 e. The topological polar surface area (TPSA) is 110 Å². The lowest BCUT2D eigenvalue weighted by Gasteiger charge is -2.08. The lowest BCUT2D eigenvalue weighted by molar-refractivity contribution is 0.174. The second-order valence-corrected chi connectivity index (χ2v) is 6.11. The second kappa shape index (κ2) is 6.95. The fourth-order valence-corrected chi connectivity index (χ4v) is 2.88. The quantitative estimate of drug-likeness (QED) is 0.469. The van der Waals surface area contributed by atoms with Crippen LogP contribution in [-0.4, -0.2) is 27.2 Å².